The first-order valence-corrected chi connectivity index (χ1v) is 7.61. The molecule has 0 aliphatic carbocycles. The van der Waals surface area contributed by atoms with Gasteiger partial charge in [-0.2, -0.15) is 0 Å². The second-order valence-electron chi connectivity index (χ2n) is 4.51. The van der Waals surface area contributed by atoms with E-state index in [0.29, 0.717) is 18.5 Å². The fourth-order valence-electron chi connectivity index (χ4n) is 1.90. The maximum Gasteiger partial charge on any atom is 0.333 e. The number of ether oxygens (including phenoxy) is 1. The Morgan fingerprint density at radius 1 is 1.35 bits per heavy atom. The van der Waals surface area contributed by atoms with E-state index in [4.69, 9.17) is 10.5 Å². The van der Waals surface area contributed by atoms with E-state index in [2.05, 4.69) is 10.3 Å². The zero-order valence-corrected chi connectivity index (χ0v) is 14.2. The molecule has 1 aromatic carbocycles. The van der Waals surface area contributed by atoms with Crippen LogP contribution in [0.25, 0.3) is 0 Å². The molecule has 0 saturated heterocycles. The second kappa shape index (κ2) is 9.24. The molecule has 2 rings (SSSR count). The zero-order valence-electron chi connectivity index (χ0n) is 12.5. The van der Waals surface area contributed by atoms with Crippen molar-refractivity contribution in [1.29, 1.82) is 0 Å². The highest BCUT2D eigenvalue weighted by Gasteiger charge is 2.24. The molecule has 1 amide bonds. The minimum atomic E-state index is -0.863. The van der Waals surface area contributed by atoms with Crippen LogP contribution in [0.5, 0.6) is 0 Å². The second-order valence-corrected chi connectivity index (χ2v) is 5.45. The Morgan fingerprint density at radius 2 is 2.04 bits per heavy atom. The van der Waals surface area contributed by atoms with Crippen LogP contribution in [0.15, 0.2) is 35.7 Å². The molecule has 0 bridgehead atoms. The first-order chi connectivity index (χ1) is 10.7. The van der Waals surface area contributed by atoms with Crippen molar-refractivity contribution in [2.24, 2.45) is 5.73 Å². The Morgan fingerprint density at radius 3 is 2.65 bits per heavy atom. The molecule has 8 heteroatoms. The Hall–Kier alpha value is -1.96. The highest BCUT2D eigenvalue weighted by atomic mass is 35.5. The van der Waals surface area contributed by atoms with Crippen LogP contribution in [0.3, 0.4) is 0 Å². The first kappa shape index (κ1) is 19.1. The summed E-state index contributed by atoms with van der Waals surface area (Å²) in [6.45, 7) is 0.476. The van der Waals surface area contributed by atoms with Gasteiger partial charge >= 0.3 is 5.97 Å². The molecular formula is C15H18ClN3O3S. The summed E-state index contributed by atoms with van der Waals surface area (Å²) in [5.74, 6) is -0.948. The highest BCUT2D eigenvalue weighted by Crippen LogP contribution is 2.16. The van der Waals surface area contributed by atoms with E-state index in [9.17, 15) is 9.59 Å². The third-order valence-electron chi connectivity index (χ3n) is 2.99. The number of amides is 1. The average molecular weight is 356 g/mol. The third kappa shape index (κ3) is 5.02. The van der Waals surface area contributed by atoms with Crippen molar-refractivity contribution >= 4 is 35.6 Å². The smallest absolute Gasteiger partial charge is 0.333 e. The van der Waals surface area contributed by atoms with E-state index in [1.807, 2.05) is 6.07 Å². The molecule has 1 unspecified atom stereocenters. The number of aromatic nitrogens is 1. The molecule has 3 N–H and O–H groups in total. The Kier molecular flexibility index (Phi) is 7.67. The van der Waals surface area contributed by atoms with Crippen LogP contribution in [0.2, 0.25) is 0 Å². The van der Waals surface area contributed by atoms with Gasteiger partial charge in [-0.15, -0.1) is 23.7 Å². The molecule has 0 radical (unpaired) electrons. The molecule has 2 aromatic rings. The number of esters is 1. The van der Waals surface area contributed by atoms with Crippen molar-refractivity contribution in [2.75, 3.05) is 13.7 Å². The lowest BCUT2D eigenvalue weighted by Crippen LogP contribution is -2.34. The van der Waals surface area contributed by atoms with Crippen LogP contribution in [0.4, 0.5) is 0 Å². The van der Waals surface area contributed by atoms with Gasteiger partial charge < -0.3 is 15.8 Å². The molecule has 1 heterocycles. The minimum absolute atomic E-state index is 0. The monoisotopic (exact) mass is 355 g/mol. The van der Waals surface area contributed by atoms with Crippen LogP contribution in [0.1, 0.15) is 27.1 Å². The molecule has 0 spiro atoms. The number of benzene rings is 1. The highest BCUT2D eigenvalue weighted by molar-refractivity contribution is 7.09. The summed E-state index contributed by atoms with van der Waals surface area (Å²) < 4.78 is 4.76. The molecule has 124 valence electrons. The molecule has 0 saturated carbocycles. The lowest BCUT2D eigenvalue weighted by Gasteiger charge is -2.16. The standard InChI is InChI=1S/C15H17N3O3S.ClH/c1-21-15(20)13(10-5-3-2-4-6-10)18-14(19)11-9-22-12(17-11)7-8-16;/h2-6,9,13H,7-8,16H2,1H3,(H,18,19);1H. The van der Waals surface area contributed by atoms with E-state index >= 15 is 0 Å². The maximum absolute atomic E-state index is 12.3. The number of thiazole rings is 1. The minimum Gasteiger partial charge on any atom is -0.467 e. The molecule has 0 aliphatic heterocycles. The van der Waals surface area contributed by atoms with Gasteiger partial charge in [0.1, 0.15) is 5.69 Å². The fraction of sp³-hybridized carbons (Fsp3) is 0.267. The number of carbonyl (C=O) groups is 2. The van der Waals surface area contributed by atoms with Gasteiger partial charge in [-0.1, -0.05) is 30.3 Å². The van der Waals surface area contributed by atoms with Crippen LogP contribution in [-0.4, -0.2) is 30.5 Å². The summed E-state index contributed by atoms with van der Waals surface area (Å²) in [6, 6.07) is 8.06. The molecule has 1 aromatic heterocycles. The van der Waals surface area contributed by atoms with Crippen LogP contribution >= 0.6 is 23.7 Å². The summed E-state index contributed by atoms with van der Waals surface area (Å²) in [5.41, 5.74) is 6.39. The van der Waals surface area contributed by atoms with Crippen LogP contribution < -0.4 is 11.1 Å². The number of halogens is 1. The first-order valence-electron chi connectivity index (χ1n) is 6.73. The van der Waals surface area contributed by atoms with E-state index in [-0.39, 0.29) is 18.1 Å². The molecule has 6 nitrogen and oxygen atoms in total. The third-order valence-corrected chi connectivity index (χ3v) is 3.90. The largest absolute Gasteiger partial charge is 0.467 e. The number of rotatable bonds is 6. The van der Waals surface area contributed by atoms with E-state index in [1.165, 1.54) is 18.4 Å². The SMILES string of the molecule is COC(=O)C(NC(=O)c1csc(CCN)n1)c1ccccc1.Cl. The Balaban J connectivity index is 0.00000264. The number of carbonyl (C=O) groups excluding carboxylic acids is 2. The average Bonchev–Trinajstić information content (AvgIpc) is 3.01. The molecule has 0 aliphatic rings. The lowest BCUT2D eigenvalue weighted by atomic mass is 10.1. The summed E-state index contributed by atoms with van der Waals surface area (Å²) in [4.78, 5) is 28.4. The topological polar surface area (TPSA) is 94.3 Å². The van der Waals surface area contributed by atoms with Crippen molar-refractivity contribution < 1.29 is 14.3 Å². The van der Waals surface area contributed by atoms with E-state index in [0.717, 1.165) is 5.01 Å². The normalized spacial score (nSPS) is 11.2. The van der Waals surface area contributed by atoms with Gasteiger partial charge in [0.25, 0.3) is 5.91 Å². The predicted octanol–water partition coefficient (Wildman–Crippen LogP) is 1.71. The number of hydrogen-bond acceptors (Lipinski definition) is 6. The van der Waals surface area contributed by atoms with Gasteiger partial charge in [0.2, 0.25) is 0 Å². The van der Waals surface area contributed by atoms with Crippen LogP contribution in [0, 0.1) is 0 Å². The summed E-state index contributed by atoms with van der Waals surface area (Å²) >= 11 is 1.37. The van der Waals surface area contributed by atoms with Gasteiger partial charge in [0.05, 0.1) is 12.1 Å². The number of nitrogens with zero attached hydrogens (tertiary/aromatic N) is 1. The van der Waals surface area contributed by atoms with E-state index in [1.54, 1.807) is 29.6 Å². The number of nitrogens with one attached hydrogen (secondary N) is 1. The van der Waals surface area contributed by atoms with Crippen LogP contribution in [-0.2, 0) is 16.0 Å². The number of hydrogen-bond donors (Lipinski definition) is 2. The summed E-state index contributed by atoms with van der Waals surface area (Å²) in [7, 11) is 1.28. The number of methoxy groups -OCH3 is 1. The van der Waals surface area contributed by atoms with Gasteiger partial charge in [-0.3, -0.25) is 4.79 Å². The maximum atomic E-state index is 12.3. The molecule has 23 heavy (non-hydrogen) atoms. The quantitative estimate of drug-likeness (QED) is 0.769. The van der Waals surface area contributed by atoms with Gasteiger partial charge in [-0.05, 0) is 12.1 Å². The Labute approximate surface area is 144 Å². The van der Waals surface area contributed by atoms with Crippen molar-refractivity contribution in [2.45, 2.75) is 12.5 Å². The zero-order chi connectivity index (χ0) is 15.9. The van der Waals surface area contributed by atoms with Gasteiger partial charge in [-0.25, -0.2) is 9.78 Å². The van der Waals surface area contributed by atoms with Crippen molar-refractivity contribution in [3.63, 3.8) is 0 Å². The number of nitrogens with two attached hydrogens (primary N) is 1. The summed E-state index contributed by atoms with van der Waals surface area (Å²) in [5, 5.41) is 5.10. The lowest BCUT2D eigenvalue weighted by molar-refractivity contribution is -0.143. The van der Waals surface area contributed by atoms with Gasteiger partial charge in [0.15, 0.2) is 6.04 Å². The Bertz CT molecular complexity index is 648. The van der Waals surface area contributed by atoms with E-state index < -0.39 is 17.9 Å². The van der Waals surface area contributed by atoms with Crippen molar-refractivity contribution in [3.05, 3.63) is 52.0 Å². The molecule has 1 atom stereocenters. The summed E-state index contributed by atoms with van der Waals surface area (Å²) in [6.07, 6.45) is 0.622. The van der Waals surface area contributed by atoms with Crippen molar-refractivity contribution in [1.82, 2.24) is 10.3 Å². The van der Waals surface area contributed by atoms with Crippen molar-refractivity contribution in [3.8, 4) is 0 Å². The molecule has 0 fully saturated rings. The fourth-order valence-corrected chi connectivity index (χ4v) is 2.69. The predicted molar refractivity (Wildman–Crippen MR) is 90.8 cm³/mol. The molecular weight excluding hydrogens is 338 g/mol. The van der Waals surface area contributed by atoms with Gasteiger partial charge in [0, 0.05) is 11.8 Å².